The van der Waals surface area contributed by atoms with Crippen LogP contribution in [0.25, 0.3) is 0 Å². The molecule has 1 atom stereocenters. The van der Waals surface area contributed by atoms with E-state index in [1.54, 1.807) is 22.5 Å². The van der Waals surface area contributed by atoms with Crippen molar-refractivity contribution in [2.45, 2.75) is 46.3 Å². The van der Waals surface area contributed by atoms with Gasteiger partial charge in [0.25, 0.3) is 5.91 Å². The number of carbonyl (C=O) groups is 3. The fraction of sp³-hybridized carbons (Fsp3) is 0.500. The first-order valence-corrected chi connectivity index (χ1v) is 11.0. The van der Waals surface area contributed by atoms with Crippen molar-refractivity contribution in [2.24, 2.45) is 0 Å². The summed E-state index contributed by atoms with van der Waals surface area (Å²) in [7, 11) is 1.33. The zero-order valence-corrected chi connectivity index (χ0v) is 18.7. The van der Waals surface area contributed by atoms with Crippen molar-refractivity contribution < 1.29 is 23.9 Å². The summed E-state index contributed by atoms with van der Waals surface area (Å²) in [6.07, 6.45) is 1.77. The third-order valence-corrected chi connectivity index (χ3v) is 6.40. The molecule has 2 aromatic rings. The van der Waals surface area contributed by atoms with E-state index in [2.05, 4.69) is 0 Å². The Balaban J connectivity index is 1.91. The number of hydrogen-bond acceptors (Lipinski definition) is 6. The highest BCUT2D eigenvalue weighted by atomic mass is 32.1. The Bertz CT molecular complexity index is 926. The maximum Gasteiger partial charge on any atom is 0.354 e. The van der Waals surface area contributed by atoms with Gasteiger partial charge < -0.3 is 18.9 Å². The molecule has 1 saturated heterocycles. The summed E-state index contributed by atoms with van der Waals surface area (Å²) in [6.45, 7) is 7.02. The second-order valence-corrected chi connectivity index (χ2v) is 8.34. The SMILES string of the molecule is CCn1c(C)c(C(=O)CN(CC2CCCO2)C(=O)c2cccs2)c(C)c1C(=O)OC. The lowest BCUT2D eigenvalue weighted by atomic mass is 10.0. The summed E-state index contributed by atoms with van der Waals surface area (Å²) < 4.78 is 12.4. The van der Waals surface area contributed by atoms with Crippen LogP contribution in [0.2, 0.25) is 0 Å². The number of ether oxygens (including phenoxy) is 2. The van der Waals surface area contributed by atoms with Gasteiger partial charge in [-0.15, -0.1) is 11.3 Å². The molecule has 162 valence electrons. The summed E-state index contributed by atoms with van der Waals surface area (Å²) in [5.74, 6) is -0.833. The summed E-state index contributed by atoms with van der Waals surface area (Å²) in [5, 5.41) is 1.84. The van der Waals surface area contributed by atoms with Crippen molar-refractivity contribution in [1.29, 1.82) is 0 Å². The molecule has 1 amide bonds. The number of rotatable bonds is 8. The molecule has 0 radical (unpaired) electrons. The Hall–Kier alpha value is -2.45. The van der Waals surface area contributed by atoms with Crippen LogP contribution >= 0.6 is 11.3 Å². The quantitative estimate of drug-likeness (QED) is 0.471. The molecule has 0 N–H and O–H groups in total. The maximum atomic E-state index is 13.3. The van der Waals surface area contributed by atoms with E-state index in [1.165, 1.54) is 18.4 Å². The van der Waals surface area contributed by atoms with Gasteiger partial charge in [0.15, 0.2) is 5.78 Å². The predicted molar refractivity (Wildman–Crippen MR) is 114 cm³/mol. The lowest BCUT2D eigenvalue weighted by Crippen LogP contribution is -2.40. The second-order valence-electron chi connectivity index (χ2n) is 7.39. The van der Waals surface area contributed by atoms with Gasteiger partial charge in [0, 0.05) is 31.0 Å². The van der Waals surface area contributed by atoms with Gasteiger partial charge in [-0.25, -0.2) is 4.79 Å². The van der Waals surface area contributed by atoms with Crippen LogP contribution in [-0.2, 0) is 16.0 Å². The molecule has 8 heteroatoms. The van der Waals surface area contributed by atoms with Gasteiger partial charge in [-0.1, -0.05) is 6.07 Å². The van der Waals surface area contributed by atoms with E-state index < -0.39 is 5.97 Å². The molecule has 0 spiro atoms. The molecule has 1 aliphatic heterocycles. The average Bonchev–Trinajstić information content (AvgIpc) is 3.47. The van der Waals surface area contributed by atoms with E-state index in [0.717, 1.165) is 12.8 Å². The van der Waals surface area contributed by atoms with Crippen LogP contribution in [0.5, 0.6) is 0 Å². The van der Waals surface area contributed by atoms with E-state index in [1.807, 2.05) is 25.3 Å². The third kappa shape index (κ3) is 4.34. The monoisotopic (exact) mass is 432 g/mol. The summed E-state index contributed by atoms with van der Waals surface area (Å²) in [6, 6.07) is 3.58. The Morgan fingerprint density at radius 1 is 1.33 bits per heavy atom. The molecule has 2 aromatic heterocycles. The first-order chi connectivity index (χ1) is 14.4. The number of Topliss-reactive ketones (excluding diaryl/α,β-unsaturated/α-hetero) is 1. The number of methoxy groups -OCH3 is 1. The number of nitrogens with zero attached hydrogens (tertiary/aromatic N) is 2. The van der Waals surface area contributed by atoms with Crippen LogP contribution in [-0.4, -0.2) is 60.0 Å². The lowest BCUT2D eigenvalue weighted by molar-refractivity contribution is 0.0509. The second kappa shape index (κ2) is 9.57. The summed E-state index contributed by atoms with van der Waals surface area (Å²) >= 11 is 1.35. The van der Waals surface area contributed by atoms with Gasteiger partial charge in [0.2, 0.25) is 0 Å². The minimum atomic E-state index is -0.470. The largest absolute Gasteiger partial charge is 0.464 e. The molecule has 30 heavy (non-hydrogen) atoms. The third-order valence-electron chi connectivity index (χ3n) is 5.54. The average molecular weight is 433 g/mol. The molecule has 0 bridgehead atoms. The standard InChI is InChI=1S/C22H28N2O5S/c1-5-24-15(3)19(14(2)20(24)22(27)28-4)17(25)13-23(12-16-8-6-10-29-16)21(26)18-9-7-11-30-18/h7,9,11,16H,5-6,8,10,12-13H2,1-4H3. The Kier molecular flexibility index (Phi) is 7.10. The fourth-order valence-corrected chi connectivity index (χ4v) is 4.81. The number of ketones is 1. The van der Waals surface area contributed by atoms with Gasteiger partial charge >= 0.3 is 5.97 Å². The summed E-state index contributed by atoms with van der Waals surface area (Å²) in [4.78, 5) is 40.9. The normalized spacial score (nSPS) is 15.9. The number of hydrogen-bond donors (Lipinski definition) is 0. The minimum absolute atomic E-state index is 0.0604. The molecule has 1 unspecified atom stereocenters. The van der Waals surface area contributed by atoms with Crippen LogP contribution < -0.4 is 0 Å². The molecule has 3 rings (SSSR count). The van der Waals surface area contributed by atoms with E-state index in [-0.39, 0.29) is 24.3 Å². The maximum absolute atomic E-state index is 13.3. The molecule has 1 fully saturated rings. The Labute approximate surface area is 180 Å². The number of aromatic nitrogens is 1. The van der Waals surface area contributed by atoms with Gasteiger partial charge in [-0.2, -0.15) is 0 Å². The van der Waals surface area contributed by atoms with Crippen molar-refractivity contribution in [1.82, 2.24) is 9.47 Å². The van der Waals surface area contributed by atoms with E-state index >= 15 is 0 Å². The molecule has 3 heterocycles. The van der Waals surface area contributed by atoms with E-state index in [9.17, 15) is 14.4 Å². The van der Waals surface area contributed by atoms with Crippen LogP contribution in [0.3, 0.4) is 0 Å². The van der Waals surface area contributed by atoms with Crippen LogP contribution in [0.4, 0.5) is 0 Å². The smallest absolute Gasteiger partial charge is 0.354 e. The topological polar surface area (TPSA) is 77.8 Å². The molecule has 1 aliphatic rings. The number of esters is 1. The number of amides is 1. The molecule has 7 nitrogen and oxygen atoms in total. The number of carbonyl (C=O) groups excluding carboxylic acids is 3. The zero-order chi connectivity index (χ0) is 21.8. The van der Waals surface area contributed by atoms with Crippen molar-refractivity contribution in [2.75, 3.05) is 26.8 Å². The molecular weight excluding hydrogens is 404 g/mol. The highest BCUT2D eigenvalue weighted by Crippen LogP contribution is 2.25. The van der Waals surface area contributed by atoms with E-state index in [4.69, 9.17) is 9.47 Å². The van der Waals surface area contributed by atoms with Gasteiger partial charge in [-0.05, 0) is 50.6 Å². The predicted octanol–water partition coefficient (Wildman–Crippen LogP) is 3.48. The van der Waals surface area contributed by atoms with E-state index in [0.29, 0.717) is 47.1 Å². The first-order valence-electron chi connectivity index (χ1n) is 10.1. The van der Waals surface area contributed by atoms with Crippen molar-refractivity contribution in [3.8, 4) is 0 Å². The Morgan fingerprint density at radius 2 is 2.10 bits per heavy atom. The van der Waals surface area contributed by atoms with Crippen molar-refractivity contribution >= 4 is 29.0 Å². The highest BCUT2D eigenvalue weighted by molar-refractivity contribution is 7.12. The van der Waals surface area contributed by atoms with Crippen molar-refractivity contribution in [3.05, 3.63) is 44.9 Å². The number of thiophene rings is 1. The van der Waals surface area contributed by atoms with Crippen LogP contribution in [0, 0.1) is 13.8 Å². The summed E-state index contributed by atoms with van der Waals surface area (Å²) in [5.41, 5.74) is 2.16. The minimum Gasteiger partial charge on any atom is -0.464 e. The van der Waals surface area contributed by atoms with Crippen molar-refractivity contribution in [3.63, 3.8) is 0 Å². The molecule has 0 aliphatic carbocycles. The van der Waals surface area contributed by atoms with Gasteiger partial charge in [-0.3, -0.25) is 9.59 Å². The first kappa shape index (κ1) is 22.2. The fourth-order valence-electron chi connectivity index (χ4n) is 4.12. The van der Waals surface area contributed by atoms with Crippen LogP contribution in [0.1, 0.15) is 61.5 Å². The zero-order valence-electron chi connectivity index (χ0n) is 17.9. The van der Waals surface area contributed by atoms with Crippen LogP contribution in [0.15, 0.2) is 17.5 Å². The highest BCUT2D eigenvalue weighted by Gasteiger charge is 2.30. The van der Waals surface area contributed by atoms with Gasteiger partial charge in [0.05, 0.1) is 24.6 Å². The Morgan fingerprint density at radius 3 is 2.67 bits per heavy atom. The molecule has 0 saturated carbocycles. The molecular formula is C22H28N2O5S. The lowest BCUT2D eigenvalue weighted by Gasteiger charge is -2.24. The molecule has 0 aromatic carbocycles. The van der Waals surface area contributed by atoms with Gasteiger partial charge in [0.1, 0.15) is 5.69 Å².